The zero-order valence-electron chi connectivity index (χ0n) is 6.11. The number of alkyl halides is 1. The molecule has 6 unspecified atom stereocenters. The Bertz CT molecular complexity index is 197. The Morgan fingerprint density at radius 1 is 1.27 bits per heavy atom. The Balaban J connectivity index is 1.98. The number of halogens is 1. The quantitative estimate of drug-likeness (QED) is 0.526. The average molecular weight is 266 g/mol. The van der Waals surface area contributed by atoms with Gasteiger partial charge in [-0.15, -0.1) is 0 Å². The molecule has 62 valence electrons. The van der Waals surface area contributed by atoms with Crippen LogP contribution >= 0.6 is 22.6 Å². The molecule has 3 rings (SSSR count). The van der Waals surface area contributed by atoms with E-state index >= 15 is 0 Å². The van der Waals surface area contributed by atoms with Gasteiger partial charge in [0.2, 0.25) is 0 Å². The van der Waals surface area contributed by atoms with E-state index in [0.717, 1.165) is 5.92 Å². The standard InChI is InChI=1S/C8H11IO2/c9-6-3-1-4-5(2-3)8(10)11-7(4)6/h3-8,10H,1-2H2. The number of ether oxygens (including phenoxy) is 1. The summed E-state index contributed by atoms with van der Waals surface area (Å²) in [6.45, 7) is 0. The third-order valence-corrected chi connectivity index (χ3v) is 5.27. The van der Waals surface area contributed by atoms with Gasteiger partial charge >= 0.3 is 0 Å². The second kappa shape index (κ2) is 2.12. The minimum atomic E-state index is -0.435. The number of aliphatic hydroxyl groups is 1. The molecule has 6 atom stereocenters. The molecule has 2 aliphatic carbocycles. The highest BCUT2D eigenvalue weighted by Gasteiger charge is 2.59. The third-order valence-electron chi connectivity index (χ3n) is 3.55. The van der Waals surface area contributed by atoms with E-state index in [1.165, 1.54) is 12.8 Å². The molecule has 1 N–H and O–H groups in total. The second-order valence-electron chi connectivity index (χ2n) is 3.99. The van der Waals surface area contributed by atoms with Gasteiger partial charge in [-0.1, -0.05) is 22.6 Å². The SMILES string of the molecule is OC1OC2C(I)C3CC1C2C3. The van der Waals surface area contributed by atoms with Crippen LogP contribution in [0.3, 0.4) is 0 Å². The normalized spacial score (nSPS) is 66.0. The predicted molar refractivity (Wildman–Crippen MR) is 48.4 cm³/mol. The van der Waals surface area contributed by atoms with Gasteiger partial charge in [-0.3, -0.25) is 0 Å². The summed E-state index contributed by atoms with van der Waals surface area (Å²) in [6, 6.07) is 0. The summed E-state index contributed by atoms with van der Waals surface area (Å²) in [7, 11) is 0. The van der Waals surface area contributed by atoms with Crippen LogP contribution in [0.2, 0.25) is 0 Å². The molecule has 1 heterocycles. The first kappa shape index (κ1) is 7.09. The van der Waals surface area contributed by atoms with Gasteiger partial charge in [0.1, 0.15) is 0 Å². The summed E-state index contributed by atoms with van der Waals surface area (Å²) >= 11 is 2.49. The van der Waals surface area contributed by atoms with Crippen LogP contribution in [0, 0.1) is 17.8 Å². The van der Waals surface area contributed by atoms with Crippen molar-refractivity contribution in [3.8, 4) is 0 Å². The molecule has 0 aromatic heterocycles. The molecule has 1 saturated heterocycles. The summed E-state index contributed by atoms with van der Waals surface area (Å²) in [5.41, 5.74) is 0. The highest BCUT2D eigenvalue weighted by Crippen LogP contribution is 2.58. The minimum absolute atomic E-state index is 0.384. The smallest absolute Gasteiger partial charge is 0.158 e. The molecule has 2 bridgehead atoms. The maximum absolute atomic E-state index is 9.49. The molecule has 3 heteroatoms. The fraction of sp³-hybridized carbons (Fsp3) is 1.00. The summed E-state index contributed by atoms with van der Waals surface area (Å²) in [5.74, 6) is 2.01. The molecule has 1 aliphatic heterocycles. The number of fused-ring (bicyclic) bond motifs is 1. The Morgan fingerprint density at radius 2 is 2.00 bits per heavy atom. The maximum Gasteiger partial charge on any atom is 0.158 e. The van der Waals surface area contributed by atoms with E-state index in [-0.39, 0.29) is 0 Å². The Kier molecular flexibility index (Phi) is 1.36. The topological polar surface area (TPSA) is 29.5 Å². The van der Waals surface area contributed by atoms with E-state index in [4.69, 9.17) is 4.74 Å². The van der Waals surface area contributed by atoms with E-state index in [9.17, 15) is 5.11 Å². The van der Waals surface area contributed by atoms with Crippen molar-refractivity contribution in [3.63, 3.8) is 0 Å². The van der Waals surface area contributed by atoms with Crippen molar-refractivity contribution in [2.24, 2.45) is 17.8 Å². The van der Waals surface area contributed by atoms with E-state index < -0.39 is 6.29 Å². The molecule has 3 fully saturated rings. The van der Waals surface area contributed by atoms with Crippen LogP contribution in [0.25, 0.3) is 0 Å². The Labute approximate surface area is 79.4 Å². The highest BCUT2D eigenvalue weighted by molar-refractivity contribution is 14.1. The first-order valence-corrected chi connectivity index (χ1v) is 5.49. The third kappa shape index (κ3) is 0.748. The number of aliphatic hydroxyl groups excluding tert-OH is 1. The molecule has 2 nitrogen and oxygen atoms in total. The van der Waals surface area contributed by atoms with Crippen LogP contribution in [-0.2, 0) is 4.74 Å². The van der Waals surface area contributed by atoms with Crippen LogP contribution < -0.4 is 0 Å². The first-order chi connectivity index (χ1) is 5.27. The van der Waals surface area contributed by atoms with Crippen molar-refractivity contribution in [2.45, 2.75) is 29.2 Å². The van der Waals surface area contributed by atoms with Gasteiger partial charge in [0.25, 0.3) is 0 Å². The van der Waals surface area contributed by atoms with Crippen molar-refractivity contribution < 1.29 is 9.84 Å². The zero-order valence-corrected chi connectivity index (χ0v) is 8.27. The summed E-state index contributed by atoms with van der Waals surface area (Å²) in [4.78, 5) is 0. The van der Waals surface area contributed by atoms with Crippen LogP contribution in [0.1, 0.15) is 12.8 Å². The molecule has 3 aliphatic rings. The number of hydrogen-bond donors (Lipinski definition) is 1. The lowest BCUT2D eigenvalue weighted by atomic mass is 9.89. The minimum Gasteiger partial charge on any atom is -0.368 e. The molecule has 0 radical (unpaired) electrons. The molecular weight excluding hydrogens is 255 g/mol. The lowest BCUT2D eigenvalue weighted by Crippen LogP contribution is -2.26. The fourth-order valence-electron chi connectivity index (χ4n) is 3.05. The van der Waals surface area contributed by atoms with E-state index in [1.54, 1.807) is 0 Å². The summed E-state index contributed by atoms with van der Waals surface area (Å²) in [6.07, 6.45) is 2.46. The summed E-state index contributed by atoms with van der Waals surface area (Å²) < 4.78 is 6.17. The zero-order chi connectivity index (χ0) is 7.59. The molecule has 11 heavy (non-hydrogen) atoms. The van der Waals surface area contributed by atoms with Crippen molar-refractivity contribution in [3.05, 3.63) is 0 Å². The molecule has 2 saturated carbocycles. The predicted octanol–water partition coefficient (Wildman–Crippen LogP) is 1.16. The molecule has 0 aromatic rings. The maximum atomic E-state index is 9.49. The molecule has 0 aromatic carbocycles. The van der Waals surface area contributed by atoms with Gasteiger partial charge in [0.15, 0.2) is 6.29 Å². The Hall–Kier alpha value is 0.650. The van der Waals surface area contributed by atoms with Gasteiger partial charge < -0.3 is 9.84 Å². The first-order valence-electron chi connectivity index (χ1n) is 4.25. The van der Waals surface area contributed by atoms with Crippen molar-refractivity contribution >= 4 is 22.6 Å². The Morgan fingerprint density at radius 3 is 2.64 bits per heavy atom. The fourth-order valence-corrected chi connectivity index (χ4v) is 4.34. The van der Waals surface area contributed by atoms with Crippen LogP contribution in [0.5, 0.6) is 0 Å². The van der Waals surface area contributed by atoms with Crippen LogP contribution in [-0.4, -0.2) is 21.4 Å². The van der Waals surface area contributed by atoms with Crippen LogP contribution in [0.4, 0.5) is 0 Å². The molecule has 0 amide bonds. The van der Waals surface area contributed by atoms with Crippen molar-refractivity contribution in [1.29, 1.82) is 0 Å². The molecular formula is C8H11IO2. The second-order valence-corrected chi connectivity index (χ2v) is 5.43. The van der Waals surface area contributed by atoms with E-state index in [0.29, 0.717) is 21.9 Å². The monoisotopic (exact) mass is 266 g/mol. The van der Waals surface area contributed by atoms with Gasteiger partial charge in [-0.2, -0.15) is 0 Å². The van der Waals surface area contributed by atoms with Crippen molar-refractivity contribution in [1.82, 2.24) is 0 Å². The lowest BCUT2D eigenvalue weighted by Gasteiger charge is -2.20. The van der Waals surface area contributed by atoms with Gasteiger partial charge in [-0.25, -0.2) is 0 Å². The summed E-state index contributed by atoms with van der Waals surface area (Å²) in [5, 5.41) is 9.49. The van der Waals surface area contributed by atoms with Crippen molar-refractivity contribution in [2.75, 3.05) is 0 Å². The largest absolute Gasteiger partial charge is 0.368 e. The van der Waals surface area contributed by atoms with Crippen LogP contribution in [0.15, 0.2) is 0 Å². The lowest BCUT2D eigenvalue weighted by molar-refractivity contribution is -0.0993. The average Bonchev–Trinajstić information content (AvgIpc) is 2.53. The number of rotatable bonds is 0. The van der Waals surface area contributed by atoms with Gasteiger partial charge in [-0.05, 0) is 24.7 Å². The molecule has 0 spiro atoms. The van der Waals surface area contributed by atoms with E-state index in [2.05, 4.69) is 22.6 Å². The highest BCUT2D eigenvalue weighted by atomic mass is 127. The number of hydrogen-bond acceptors (Lipinski definition) is 2. The van der Waals surface area contributed by atoms with E-state index in [1.807, 2.05) is 0 Å². The van der Waals surface area contributed by atoms with Gasteiger partial charge in [0.05, 0.1) is 6.10 Å². The van der Waals surface area contributed by atoms with Gasteiger partial charge in [0, 0.05) is 9.84 Å².